The summed E-state index contributed by atoms with van der Waals surface area (Å²) in [6.45, 7) is 1.61. The monoisotopic (exact) mass is 465 g/mol. The van der Waals surface area contributed by atoms with E-state index in [4.69, 9.17) is 9.47 Å². The number of anilines is 1. The van der Waals surface area contributed by atoms with Gasteiger partial charge in [0.15, 0.2) is 6.04 Å². The summed E-state index contributed by atoms with van der Waals surface area (Å²) in [5.74, 6) is -2.65. The molecule has 0 saturated heterocycles. The summed E-state index contributed by atoms with van der Waals surface area (Å²) in [5, 5.41) is 20.0. The van der Waals surface area contributed by atoms with Gasteiger partial charge in [-0.3, -0.25) is 15.2 Å². The van der Waals surface area contributed by atoms with Crippen molar-refractivity contribution < 1.29 is 29.0 Å². The number of aromatic nitrogens is 3. The van der Waals surface area contributed by atoms with Crippen molar-refractivity contribution in [3.8, 4) is 11.1 Å². The molecule has 11 nitrogen and oxygen atoms in total. The molecule has 176 valence electrons. The molecular weight excluding hydrogens is 442 g/mol. The van der Waals surface area contributed by atoms with E-state index in [2.05, 4.69) is 25.8 Å². The number of nitrogens with zero attached hydrogens (tertiary/aromatic N) is 2. The van der Waals surface area contributed by atoms with Crippen LogP contribution in [0.4, 0.5) is 10.7 Å². The molecule has 0 radical (unpaired) electrons. The molecule has 1 heterocycles. The van der Waals surface area contributed by atoms with Gasteiger partial charge in [-0.1, -0.05) is 48.5 Å². The van der Waals surface area contributed by atoms with Gasteiger partial charge in [0.1, 0.15) is 6.61 Å². The number of carboxylic acids is 1. The van der Waals surface area contributed by atoms with Crippen LogP contribution in [0.1, 0.15) is 34.6 Å². The van der Waals surface area contributed by atoms with E-state index in [9.17, 15) is 19.5 Å². The van der Waals surface area contributed by atoms with E-state index in [0.29, 0.717) is 0 Å². The second-order valence-corrected chi connectivity index (χ2v) is 7.69. The van der Waals surface area contributed by atoms with E-state index >= 15 is 0 Å². The lowest BCUT2D eigenvalue weighted by atomic mass is 9.98. The molecule has 2 aromatic carbocycles. The van der Waals surface area contributed by atoms with Crippen molar-refractivity contribution in [1.82, 2.24) is 20.5 Å². The van der Waals surface area contributed by atoms with Gasteiger partial charge in [-0.25, -0.2) is 9.59 Å². The number of H-pyrrole nitrogens is 1. The minimum absolute atomic E-state index is 0.104. The van der Waals surface area contributed by atoms with Gasteiger partial charge in [0, 0.05) is 13.0 Å². The van der Waals surface area contributed by atoms with Gasteiger partial charge >= 0.3 is 12.1 Å². The molecule has 1 aliphatic rings. The fraction of sp³-hybridized carbons (Fsp3) is 0.261. The molecule has 4 N–H and O–H groups in total. The van der Waals surface area contributed by atoms with Gasteiger partial charge in [-0.2, -0.15) is 4.98 Å². The summed E-state index contributed by atoms with van der Waals surface area (Å²) >= 11 is 0. The number of hydrogen-bond donors (Lipinski definition) is 4. The Labute approximate surface area is 194 Å². The number of aromatic amines is 1. The third-order valence-corrected chi connectivity index (χ3v) is 5.65. The zero-order valence-electron chi connectivity index (χ0n) is 18.4. The topological polar surface area (TPSA) is 156 Å². The Balaban J connectivity index is 1.37. The highest BCUT2D eigenvalue weighted by Gasteiger charge is 2.30. The minimum atomic E-state index is -1.29. The smallest absolute Gasteiger partial charge is 0.414 e. The summed E-state index contributed by atoms with van der Waals surface area (Å²) in [6.07, 6.45) is -1.56. The Morgan fingerprint density at radius 1 is 1.09 bits per heavy atom. The molecule has 0 saturated carbocycles. The van der Waals surface area contributed by atoms with E-state index < -0.39 is 30.1 Å². The number of rotatable bonds is 8. The van der Waals surface area contributed by atoms with Crippen molar-refractivity contribution in [2.45, 2.75) is 25.0 Å². The van der Waals surface area contributed by atoms with Crippen molar-refractivity contribution in [3.05, 3.63) is 65.5 Å². The fourth-order valence-corrected chi connectivity index (χ4v) is 3.87. The summed E-state index contributed by atoms with van der Waals surface area (Å²) in [5.41, 5.74) is 4.37. The van der Waals surface area contributed by atoms with Gasteiger partial charge in [-0.05, 0) is 29.2 Å². The third kappa shape index (κ3) is 4.59. The Kier molecular flexibility index (Phi) is 6.55. The standard InChI is InChI=1S/C23H23N5O6/c1-12(33-2)18(21(30)31)24-20(29)19-25-22(28-27-19)26-23(32)34-11-17-15-9-5-3-7-13(15)14-8-4-6-10-16(14)17/h3-10,12,17-18H,11H2,1-2H3,(H,24,29)(H,30,31)(H2,25,26,27,28,32)/t12-,18+/m1/s1. The molecule has 2 amide bonds. The molecule has 3 aromatic rings. The highest BCUT2D eigenvalue weighted by Crippen LogP contribution is 2.44. The number of methoxy groups -OCH3 is 1. The first kappa shape index (κ1) is 22.9. The summed E-state index contributed by atoms with van der Waals surface area (Å²) < 4.78 is 10.4. The zero-order valence-corrected chi connectivity index (χ0v) is 18.4. The highest BCUT2D eigenvalue weighted by atomic mass is 16.5. The van der Waals surface area contributed by atoms with Gasteiger partial charge in [0.25, 0.3) is 11.9 Å². The Bertz CT molecular complexity index is 1180. The number of amides is 2. The molecule has 1 aromatic heterocycles. The molecule has 0 aliphatic heterocycles. The number of carbonyl (C=O) groups is 3. The van der Waals surface area contributed by atoms with Gasteiger partial charge in [0.2, 0.25) is 5.82 Å². The normalized spacial score (nSPS) is 13.9. The summed E-state index contributed by atoms with van der Waals surface area (Å²) in [6, 6.07) is 14.6. The highest BCUT2D eigenvalue weighted by molar-refractivity contribution is 5.94. The number of aliphatic carboxylic acids is 1. The van der Waals surface area contributed by atoms with E-state index in [1.807, 2.05) is 48.5 Å². The van der Waals surface area contributed by atoms with Crippen LogP contribution < -0.4 is 10.6 Å². The second-order valence-electron chi connectivity index (χ2n) is 7.69. The van der Waals surface area contributed by atoms with Crippen molar-refractivity contribution in [2.75, 3.05) is 19.0 Å². The number of ether oxygens (including phenoxy) is 2. The van der Waals surface area contributed by atoms with Crippen LogP contribution in [0.5, 0.6) is 0 Å². The van der Waals surface area contributed by atoms with Crippen molar-refractivity contribution in [2.24, 2.45) is 0 Å². The maximum atomic E-state index is 12.3. The lowest BCUT2D eigenvalue weighted by molar-refractivity contribution is -0.142. The SMILES string of the molecule is CO[C@H](C)[C@H](NC(=O)c1nc(NC(=O)OCC2c3ccccc3-c3ccccc32)n[nH]1)C(=O)O. The first-order chi connectivity index (χ1) is 16.4. The Morgan fingerprint density at radius 3 is 2.29 bits per heavy atom. The molecule has 0 fully saturated rings. The predicted octanol–water partition coefficient (Wildman–Crippen LogP) is 2.38. The maximum absolute atomic E-state index is 12.3. The molecule has 0 bridgehead atoms. The predicted molar refractivity (Wildman–Crippen MR) is 120 cm³/mol. The van der Waals surface area contributed by atoms with Gasteiger partial charge in [-0.15, -0.1) is 5.10 Å². The number of benzene rings is 2. The number of carbonyl (C=O) groups excluding carboxylic acids is 2. The lowest BCUT2D eigenvalue weighted by Crippen LogP contribution is -2.48. The zero-order chi connectivity index (χ0) is 24.2. The minimum Gasteiger partial charge on any atom is -0.480 e. The van der Waals surface area contributed by atoms with Crippen LogP contribution in [0.2, 0.25) is 0 Å². The third-order valence-electron chi connectivity index (χ3n) is 5.65. The van der Waals surface area contributed by atoms with Crippen LogP contribution in [-0.2, 0) is 14.3 Å². The average Bonchev–Trinajstić information content (AvgIpc) is 3.43. The van der Waals surface area contributed by atoms with Crippen molar-refractivity contribution >= 4 is 23.9 Å². The first-order valence-corrected chi connectivity index (χ1v) is 10.5. The van der Waals surface area contributed by atoms with E-state index in [0.717, 1.165) is 22.3 Å². The Hall–Kier alpha value is -4.25. The van der Waals surface area contributed by atoms with E-state index in [1.54, 1.807) is 0 Å². The Morgan fingerprint density at radius 2 is 1.71 bits per heavy atom. The molecular formula is C23H23N5O6. The van der Waals surface area contributed by atoms with Crippen molar-refractivity contribution in [3.63, 3.8) is 0 Å². The number of carboxylic acid groups (broad SMARTS) is 1. The van der Waals surface area contributed by atoms with Crippen LogP contribution in [0.3, 0.4) is 0 Å². The summed E-state index contributed by atoms with van der Waals surface area (Å²) in [7, 11) is 1.33. The van der Waals surface area contributed by atoms with Crippen LogP contribution in [-0.4, -0.2) is 64.1 Å². The van der Waals surface area contributed by atoms with Crippen molar-refractivity contribution in [1.29, 1.82) is 0 Å². The second kappa shape index (κ2) is 9.71. The molecule has 4 rings (SSSR count). The molecule has 11 heteroatoms. The molecule has 34 heavy (non-hydrogen) atoms. The lowest BCUT2D eigenvalue weighted by Gasteiger charge is -2.19. The van der Waals surface area contributed by atoms with Gasteiger partial charge in [0.05, 0.1) is 6.10 Å². The average molecular weight is 465 g/mol. The largest absolute Gasteiger partial charge is 0.480 e. The van der Waals surface area contributed by atoms with E-state index in [1.165, 1.54) is 14.0 Å². The fourth-order valence-electron chi connectivity index (χ4n) is 3.87. The van der Waals surface area contributed by atoms with Crippen LogP contribution >= 0.6 is 0 Å². The number of hydrogen-bond acceptors (Lipinski definition) is 7. The van der Waals surface area contributed by atoms with Crippen LogP contribution in [0, 0.1) is 0 Å². The molecule has 1 aliphatic carbocycles. The maximum Gasteiger partial charge on any atom is 0.414 e. The quantitative estimate of drug-likeness (QED) is 0.395. The number of fused-ring (bicyclic) bond motifs is 3. The summed E-state index contributed by atoms with van der Waals surface area (Å²) in [4.78, 5) is 39.9. The van der Waals surface area contributed by atoms with Crippen LogP contribution in [0.15, 0.2) is 48.5 Å². The molecule has 0 spiro atoms. The van der Waals surface area contributed by atoms with Crippen LogP contribution in [0.25, 0.3) is 11.1 Å². The van der Waals surface area contributed by atoms with Gasteiger partial charge < -0.3 is 19.9 Å². The first-order valence-electron chi connectivity index (χ1n) is 10.5. The van der Waals surface area contributed by atoms with E-state index in [-0.39, 0.29) is 24.3 Å². The molecule has 0 unspecified atom stereocenters. The molecule has 2 atom stereocenters. The number of nitrogens with one attached hydrogen (secondary N) is 3.